The number of likely N-dealkylation sites (tertiary alicyclic amines) is 1. The second-order valence-electron chi connectivity index (χ2n) is 7.66. The molecule has 0 bridgehead atoms. The monoisotopic (exact) mass is 469 g/mol. The molecular weight excluding hydrogens is 446 g/mol. The normalized spacial score (nSPS) is 17.5. The van der Waals surface area contributed by atoms with Crippen LogP contribution in [0.5, 0.6) is 5.75 Å². The van der Waals surface area contributed by atoms with Gasteiger partial charge in [-0.25, -0.2) is 18.7 Å². The molecular formula is C21H23F4N5O3. The van der Waals surface area contributed by atoms with Crippen LogP contribution < -0.4 is 15.4 Å². The zero-order chi connectivity index (χ0) is 24.2. The van der Waals surface area contributed by atoms with E-state index in [1.54, 1.807) is 13.0 Å². The maximum atomic E-state index is 14.1. The number of aromatic nitrogens is 2. The van der Waals surface area contributed by atoms with E-state index in [-0.39, 0.29) is 42.0 Å². The van der Waals surface area contributed by atoms with E-state index in [1.165, 1.54) is 31.3 Å². The summed E-state index contributed by atoms with van der Waals surface area (Å²) in [5.41, 5.74) is 0.408. The molecule has 1 saturated heterocycles. The van der Waals surface area contributed by atoms with Crippen LogP contribution in [0, 0.1) is 6.92 Å². The molecule has 178 valence electrons. The number of anilines is 2. The highest BCUT2D eigenvalue weighted by molar-refractivity contribution is 5.94. The number of hydrogen-bond donors (Lipinski definition) is 2. The summed E-state index contributed by atoms with van der Waals surface area (Å²) in [5, 5.41) is 5.36. The molecule has 33 heavy (non-hydrogen) atoms. The number of pyridine rings is 2. The Morgan fingerprint density at radius 2 is 2.03 bits per heavy atom. The molecule has 3 heterocycles. The quantitative estimate of drug-likeness (QED) is 0.603. The van der Waals surface area contributed by atoms with Gasteiger partial charge in [-0.05, 0) is 31.0 Å². The van der Waals surface area contributed by atoms with Crippen LogP contribution in [0.15, 0.2) is 30.5 Å². The smallest absolute Gasteiger partial charge is 0.387 e. The molecule has 2 aromatic rings. The van der Waals surface area contributed by atoms with Crippen molar-refractivity contribution in [3.8, 4) is 5.75 Å². The van der Waals surface area contributed by atoms with Gasteiger partial charge in [-0.2, -0.15) is 8.78 Å². The highest BCUT2D eigenvalue weighted by atomic mass is 19.3. The van der Waals surface area contributed by atoms with Gasteiger partial charge in [-0.15, -0.1) is 0 Å². The second-order valence-corrected chi connectivity index (χ2v) is 7.66. The number of halogens is 4. The van der Waals surface area contributed by atoms with Gasteiger partial charge in [0.1, 0.15) is 23.1 Å². The van der Waals surface area contributed by atoms with Crippen molar-refractivity contribution in [2.45, 2.75) is 45.3 Å². The molecule has 0 saturated carbocycles. The number of aryl methyl sites for hydroxylation is 1. The minimum atomic E-state index is -3.05. The van der Waals surface area contributed by atoms with Crippen LogP contribution in [0.3, 0.4) is 0 Å². The average Bonchev–Trinajstić information content (AvgIpc) is 2.73. The first kappa shape index (κ1) is 24.2. The highest BCUT2D eigenvalue weighted by Crippen LogP contribution is 2.31. The minimum absolute atomic E-state index is 0.0247. The van der Waals surface area contributed by atoms with E-state index in [9.17, 15) is 27.2 Å². The minimum Gasteiger partial charge on any atom is -0.435 e. The molecule has 8 nitrogen and oxygen atoms in total. The summed E-state index contributed by atoms with van der Waals surface area (Å²) >= 11 is 0. The Balaban J connectivity index is 1.83. The summed E-state index contributed by atoms with van der Waals surface area (Å²) in [7, 11) is 0. The lowest BCUT2D eigenvalue weighted by Gasteiger charge is -2.39. The molecule has 1 aliphatic rings. The van der Waals surface area contributed by atoms with Crippen molar-refractivity contribution in [2.75, 3.05) is 18.4 Å². The van der Waals surface area contributed by atoms with Crippen LogP contribution in [-0.4, -0.2) is 58.3 Å². The van der Waals surface area contributed by atoms with Crippen molar-refractivity contribution >= 4 is 23.5 Å². The van der Waals surface area contributed by atoms with Gasteiger partial charge in [0.25, 0.3) is 11.8 Å². The van der Waals surface area contributed by atoms with Crippen molar-refractivity contribution in [3.05, 3.63) is 41.7 Å². The van der Waals surface area contributed by atoms with E-state index in [4.69, 9.17) is 0 Å². The summed E-state index contributed by atoms with van der Waals surface area (Å²) in [6.45, 7) is -0.822. The van der Waals surface area contributed by atoms with Crippen LogP contribution in [0.2, 0.25) is 0 Å². The highest BCUT2D eigenvalue weighted by Gasteiger charge is 2.42. The molecule has 0 aliphatic carbocycles. The number of nitrogens with zero attached hydrogens (tertiary/aromatic N) is 3. The number of nitrogens with one attached hydrogen (secondary N) is 2. The number of amides is 2. The number of alkyl halides is 4. The molecule has 2 amide bonds. The van der Waals surface area contributed by atoms with Gasteiger partial charge in [0, 0.05) is 38.2 Å². The van der Waals surface area contributed by atoms with E-state index < -0.39 is 37.4 Å². The Kier molecular flexibility index (Phi) is 7.34. The van der Waals surface area contributed by atoms with E-state index >= 15 is 0 Å². The Bertz CT molecular complexity index is 1020. The molecule has 3 rings (SSSR count). The van der Waals surface area contributed by atoms with Gasteiger partial charge in [-0.1, -0.05) is 6.07 Å². The molecule has 1 aliphatic heterocycles. The Morgan fingerprint density at radius 3 is 2.73 bits per heavy atom. The first-order valence-corrected chi connectivity index (χ1v) is 10.1. The number of ether oxygens (including phenoxy) is 1. The van der Waals surface area contributed by atoms with Crippen LogP contribution in [0.1, 0.15) is 35.8 Å². The topological polar surface area (TPSA) is 96.5 Å². The molecule has 2 aromatic heterocycles. The molecule has 2 N–H and O–H groups in total. The molecule has 1 unspecified atom stereocenters. The number of rotatable bonds is 7. The predicted molar refractivity (Wildman–Crippen MR) is 111 cm³/mol. The Hall–Kier alpha value is -3.44. The molecule has 1 atom stereocenters. The standard InChI is InChI=1S/C21H23F4N5O3/c1-12-3-4-16(28-17-9-15(6-8-26-17)33-20(22)23)29-18(12)19(32)30-11-21(24,25)7-5-14(30)10-27-13(2)31/h3-4,6,8-9,14,20H,5,7,10-11H2,1-2H3,(H,27,31)(H,26,28,29). The van der Waals surface area contributed by atoms with Crippen molar-refractivity contribution < 1.29 is 31.9 Å². The largest absolute Gasteiger partial charge is 0.435 e. The third-order valence-electron chi connectivity index (χ3n) is 5.05. The van der Waals surface area contributed by atoms with E-state index in [1.807, 2.05) is 0 Å². The molecule has 0 radical (unpaired) electrons. The average molecular weight is 469 g/mol. The van der Waals surface area contributed by atoms with Gasteiger partial charge in [0.05, 0.1) is 6.54 Å². The van der Waals surface area contributed by atoms with Gasteiger partial charge in [-0.3, -0.25) is 9.59 Å². The maximum Gasteiger partial charge on any atom is 0.387 e. The Morgan fingerprint density at radius 1 is 1.27 bits per heavy atom. The van der Waals surface area contributed by atoms with Gasteiger partial charge in [0.2, 0.25) is 5.91 Å². The maximum absolute atomic E-state index is 14.1. The lowest BCUT2D eigenvalue weighted by atomic mass is 9.98. The van der Waals surface area contributed by atoms with Crippen LogP contribution >= 0.6 is 0 Å². The number of hydrogen-bond acceptors (Lipinski definition) is 6. The van der Waals surface area contributed by atoms with Gasteiger partial charge < -0.3 is 20.3 Å². The van der Waals surface area contributed by atoms with Gasteiger partial charge >= 0.3 is 6.61 Å². The number of carbonyl (C=O) groups is 2. The summed E-state index contributed by atoms with van der Waals surface area (Å²) in [4.78, 5) is 33.8. The molecule has 0 aromatic carbocycles. The van der Waals surface area contributed by atoms with E-state index in [0.29, 0.717) is 5.56 Å². The number of piperidine rings is 1. The van der Waals surface area contributed by atoms with Crippen LogP contribution in [0.4, 0.5) is 29.2 Å². The van der Waals surface area contributed by atoms with Crippen LogP contribution in [0.25, 0.3) is 0 Å². The fraction of sp³-hybridized carbons (Fsp3) is 0.429. The van der Waals surface area contributed by atoms with Crippen molar-refractivity contribution in [2.24, 2.45) is 0 Å². The zero-order valence-electron chi connectivity index (χ0n) is 17.9. The zero-order valence-corrected chi connectivity index (χ0v) is 17.9. The van der Waals surface area contributed by atoms with Crippen molar-refractivity contribution in [1.82, 2.24) is 20.2 Å². The first-order chi connectivity index (χ1) is 15.5. The van der Waals surface area contributed by atoms with Crippen molar-refractivity contribution in [3.63, 3.8) is 0 Å². The third kappa shape index (κ3) is 6.53. The van der Waals surface area contributed by atoms with E-state index in [0.717, 1.165) is 4.90 Å². The summed E-state index contributed by atoms with van der Waals surface area (Å²) < 4.78 is 57.4. The SMILES string of the molecule is CC(=O)NCC1CCC(F)(F)CN1C(=O)c1nc(Nc2cc(OC(F)F)ccn2)ccc1C. The lowest BCUT2D eigenvalue weighted by Crippen LogP contribution is -2.55. The summed E-state index contributed by atoms with van der Waals surface area (Å²) in [6.07, 6.45) is 0.886. The van der Waals surface area contributed by atoms with Crippen LogP contribution in [-0.2, 0) is 4.79 Å². The first-order valence-electron chi connectivity index (χ1n) is 10.1. The fourth-order valence-corrected chi connectivity index (χ4v) is 3.44. The van der Waals surface area contributed by atoms with Crippen molar-refractivity contribution in [1.29, 1.82) is 0 Å². The van der Waals surface area contributed by atoms with Gasteiger partial charge in [0.15, 0.2) is 0 Å². The predicted octanol–water partition coefficient (Wildman–Crippen LogP) is 3.51. The Labute approximate surface area is 187 Å². The molecule has 12 heteroatoms. The summed E-state index contributed by atoms with van der Waals surface area (Å²) in [6, 6.07) is 4.98. The fourth-order valence-electron chi connectivity index (χ4n) is 3.44. The lowest BCUT2D eigenvalue weighted by molar-refractivity contribution is -0.119. The summed E-state index contributed by atoms with van der Waals surface area (Å²) in [5.74, 6) is -3.91. The number of carbonyl (C=O) groups excluding carboxylic acids is 2. The third-order valence-corrected chi connectivity index (χ3v) is 5.05. The second kappa shape index (κ2) is 10.0. The molecule has 1 fully saturated rings. The molecule has 0 spiro atoms. The van der Waals surface area contributed by atoms with E-state index in [2.05, 4.69) is 25.3 Å².